The maximum absolute atomic E-state index is 12.6. The summed E-state index contributed by atoms with van der Waals surface area (Å²) in [5, 5.41) is -0.646. The molecule has 0 saturated heterocycles. The van der Waals surface area contributed by atoms with Gasteiger partial charge in [0.05, 0.1) is 16.1 Å². The van der Waals surface area contributed by atoms with Crippen LogP contribution in [0.2, 0.25) is 5.02 Å². The van der Waals surface area contributed by atoms with Gasteiger partial charge in [0, 0.05) is 0 Å². The van der Waals surface area contributed by atoms with Gasteiger partial charge in [0.15, 0.2) is 0 Å². The molecule has 0 amide bonds. The topological polar surface area (TPSA) is 26.0 Å². The molecule has 1 atom stereocenters. The summed E-state index contributed by atoms with van der Waals surface area (Å²) in [4.78, 5) is 0. The first-order valence-corrected chi connectivity index (χ1v) is 4.89. The molecule has 17 heavy (non-hydrogen) atoms. The molecular formula is C10H9ClF5N. The van der Waals surface area contributed by atoms with E-state index in [0.717, 1.165) is 19.1 Å². The molecule has 0 saturated carbocycles. The van der Waals surface area contributed by atoms with Crippen LogP contribution in [0.25, 0.3) is 0 Å². The molecule has 1 rings (SSSR count). The highest BCUT2D eigenvalue weighted by atomic mass is 35.5. The number of hydrogen-bond acceptors (Lipinski definition) is 1. The van der Waals surface area contributed by atoms with Gasteiger partial charge >= 0.3 is 6.18 Å². The lowest BCUT2D eigenvalue weighted by atomic mass is 9.93. The van der Waals surface area contributed by atoms with E-state index in [4.69, 9.17) is 17.3 Å². The van der Waals surface area contributed by atoms with Gasteiger partial charge in [-0.3, -0.25) is 0 Å². The molecular weight excluding hydrogens is 265 g/mol. The summed E-state index contributed by atoms with van der Waals surface area (Å²) in [7, 11) is 0. The number of halogens is 6. The van der Waals surface area contributed by atoms with E-state index in [1.807, 2.05) is 0 Å². The fourth-order valence-corrected chi connectivity index (χ4v) is 1.49. The second-order valence-corrected chi connectivity index (χ2v) is 4.18. The van der Waals surface area contributed by atoms with Crippen LogP contribution in [0.3, 0.4) is 0 Å². The Morgan fingerprint density at radius 2 is 1.76 bits per heavy atom. The molecule has 0 heterocycles. The van der Waals surface area contributed by atoms with Gasteiger partial charge in [-0.25, -0.2) is 8.78 Å². The predicted octanol–water partition coefficient (Wildman–Crippen LogP) is 3.80. The number of rotatable bonds is 2. The van der Waals surface area contributed by atoms with Gasteiger partial charge in [0.1, 0.15) is 0 Å². The summed E-state index contributed by atoms with van der Waals surface area (Å²) in [5.74, 6) is 0. The number of hydrogen-bond donors (Lipinski definition) is 1. The highest BCUT2D eigenvalue weighted by Gasteiger charge is 2.36. The summed E-state index contributed by atoms with van der Waals surface area (Å²) < 4.78 is 62.3. The van der Waals surface area contributed by atoms with Crippen molar-refractivity contribution in [1.29, 1.82) is 0 Å². The van der Waals surface area contributed by atoms with Crippen LogP contribution in [0.4, 0.5) is 22.0 Å². The van der Waals surface area contributed by atoms with Gasteiger partial charge in [-0.1, -0.05) is 17.7 Å². The predicted molar refractivity (Wildman–Crippen MR) is 54.0 cm³/mol. The second-order valence-electron chi connectivity index (χ2n) is 3.78. The molecule has 0 spiro atoms. The third-order valence-corrected chi connectivity index (χ3v) is 2.66. The average molecular weight is 274 g/mol. The molecule has 0 bridgehead atoms. The molecule has 0 fully saturated rings. The van der Waals surface area contributed by atoms with Crippen molar-refractivity contribution in [2.45, 2.75) is 25.1 Å². The lowest BCUT2D eigenvalue weighted by molar-refractivity contribution is -0.137. The van der Waals surface area contributed by atoms with Crippen molar-refractivity contribution in [2.75, 3.05) is 0 Å². The minimum Gasteiger partial charge on any atom is -0.317 e. The Labute approximate surface area is 99.4 Å². The van der Waals surface area contributed by atoms with Crippen LogP contribution in [0, 0.1) is 0 Å². The Morgan fingerprint density at radius 3 is 2.12 bits per heavy atom. The number of benzene rings is 1. The van der Waals surface area contributed by atoms with Gasteiger partial charge < -0.3 is 5.73 Å². The molecule has 0 aliphatic heterocycles. The first-order chi connectivity index (χ1) is 7.56. The fourth-order valence-electron chi connectivity index (χ4n) is 1.21. The van der Waals surface area contributed by atoms with Crippen molar-refractivity contribution in [1.82, 2.24) is 0 Å². The maximum atomic E-state index is 12.6. The van der Waals surface area contributed by atoms with Crippen LogP contribution in [-0.4, -0.2) is 6.43 Å². The van der Waals surface area contributed by atoms with Gasteiger partial charge in [-0.2, -0.15) is 13.2 Å². The molecule has 1 aromatic rings. The summed E-state index contributed by atoms with van der Waals surface area (Å²) in [6, 6.07) is 2.36. The van der Waals surface area contributed by atoms with Crippen LogP contribution in [0.5, 0.6) is 0 Å². The van der Waals surface area contributed by atoms with E-state index in [-0.39, 0.29) is 5.56 Å². The van der Waals surface area contributed by atoms with Gasteiger partial charge in [-0.05, 0) is 24.6 Å². The summed E-state index contributed by atoms with van der Waals surface area (Å²) >= 11 is 5.40. The molecule has 1 unspecified atom stereocenters. The Bertz CT molecular complexity index is 414. The minimum atomic E-state index is -4.62. The monoisotopic (exact) mass is 273 g/mol. The summed E-state index contributed by atoms with van der Waals surface area (Å²) in [5.41, 5.74) is 2.06. The maximum Gasteiger partial charge on any atom is 0.417 e. The van der Waals surface area contributed by atoms with Crippen molar-refractivity contribution in [3.8, 4) is 0 Å². The van der Waals surface area contributed by atoms with Gasteiger partial charge in [0.2, 0.25) is 0 Å². The van der Waals surface area contributed by atoms with E-state index in [2.05, 4.69) is 0 Å². The summed E-state index contributed by atoms with van der Waals surface area (Å²) in [6.07, 6.45) is -7.53. The molecule has 2 N–H and O–H groups in total. The number of nitrogens with two attached hydrogens (primary N) is 1. The smallest absolute Gasteiger partial charge is 0.317 e. The molecule has 1 nitrogen and oxygen atoms in total. The zero-order valence-corrected chi connectivity index (χ0v) is 9.41. The molecule has 1 aromatic carbocycles. The lowest BCUT2D eigenvalue weighted by Crippen LogP contribution is -2.40. The highest BCUT2D eigenvalue weighted by molar-refractivity contribution is 6.31. The van der Waals surface area contributed by atoms with E-state index in [0.29, 0.717) is 6.07 Å². The Morgan fingerprint density at radius 1 is 1.24 bits per heavy atom. The third kappa shape index (κ3) is 2.87. The van der Waals surface area contributed by atoms with Crippen LogP contribution in [0.15, 0.2) is 18.2 Å². The highest BCUT2D eigenvalue weighted by Crippen LogP contribution is 2.37. The van der Waals surface area contributed by atoms with E-state index in [9.17, 15) is 22.0 Å². The molecule has 0 aliphatic carbocycles. The first kappa shape index (κ1) is 14.2. The zero-order chi connectivity index (χ0) is 13.4. The first-order valence-electron chi connectivity index (χ1n) is 4.51. The van der Waals surface area contributed by atoms with Crippen LogP contribution >= 0.6 is 11.6 Å². The van der Waals surface area contributed by atoms with Gasteiger partial charge in [0.25, 0.3) is 6.43 Å². The Balaban J connectivity index is 3.23. The second kappa shape index (κ2) is 4.42. The Kier molecular flexibility index (Phi) is 3.69. The molecule has 7 heteroatoms. The SMILES string of the molecule is CC(N)(c1ccc(C(F)(F)F)c(Cl)c1)C(F)F. The third-order valence-electron chi connectivity index (χ3n) is 2.35. The largest absolute Gasteiger partial charge is 0.417 e. The summed E-state index contributed by atoms with van der Waals surface area (Å²) in [6.45, 7) is 1.02. The zero-order valence-electron chi connectivity index (χ0n) is 8.65. The quantitative estimate of drug-likeness (QED) is 0.815. The van der Waals surface area contributed by atoms with Crippen molar-refractivity contribution in [2.24, 2.45) is 5.73 Å². The molecule has 96 valence electrons. The van der Waals surface area contributed by atoms with Crippen molar-refractivity contribution in [3.05, 3.63) is 34.3 Å². The average Bonchev–Trinajstić information content (AvgIpc) is 2.15. The van der Waals surface area contributed by atoms with Crippen molar-refractivity contribution in [3.63, 3.8) is 0 Å². The fraction of sp³-hybridized carbons (Fsp3) is 0.400. The van der Waals surface area contributed by atoms with Crippen molar-refractivity contribution >= 4 is 11.6 Å². The minimum absolute atomic E-state index is 0.148. The van der Waals surface area contributed by atoms with E-state index in [1.54, 1.807) is 0 Å². The standard InChI is InChI=1S/C10H9ClF5N/c1-9(17,8(12)13)5-2-3-6(7(11)4-5)10(14,15)16/h2-4,8H,17H2,1H3. The molecule has 0 aliphatic rings. The van der Waals surface area contributed by atoms with Crippen molar-refractivity contribution < 1.29 is 22.0 Å². The van der Waals surface area contributed by atoms with Crippen LogP contribution in [0.1, 0.15) is 18.1 Å². The number of alkyl halides is 5. The van der Waals surface area contributed by atoms with Gasteiger partial charge in [-0.15, -0.1) is 0 Å². The molecule has 0 aromatic heterocycles. The van der Waals surface area contributed by atoms with Crippen LogP contribution in [-0.2, 0) is 11.7 Å². The normalized spacial score (nSPS) is 16.1. The Hall–Kier alpha value is -0.880. The lowest BCUT2D eigenvalue weighted by Gasteiger charge is -2.24. The van der Waals surface area contributed by atoms with E-state index in [1.165, 1.54) is 0 Å². The van der Waals surface area contributed by atoms with Crippen LogP contribution < -0.4 is 5.73 Å². The molecule has 0 radical (unpaired) electrons. The van der Waals surface area contributed by atoms with E-state index >= 15 is 0 Å². The van der Waals surface area contributed by atoms with E-state index < -0.39 is 28.7 Å².